The zero-order chi connectivity index (χ0) is 11.1. The van der Waals surface area contributed by atoms with E-state index in [9.17, 15) is 0 Å². The Morgan fingerprint density at radius 2 is 1.69 bits per heavy atom. The van der Waals surface area contributed by atoms with Crippen LogP contribution in [0.5, 0.6) is 0 Å². The number of benzene rings is 1. The number of fused-ring (bicyclic) bond motifs is 3. The lowest BCUT2D eigenvalue weighted by Crippen LogP contribution is -2.45. The van der Waals surface area contributed by atoms with Crippen LogP contribution in [0.4, 0.5) is 0 Å². The van der Waals surface area contributed by atoms with E-state index in [1.165, 1.54) is 16.8 Å². The molecule has 0 amide bonds. The van der Waals surface area contributed by atoms with Crippen molar-refractivity contribution in [3.05, 3.63) is 54.2 Å². The average molecular weight is 210 g/mol. The van der Waals surface area contributed by atoms with E-state index in [1.807, 2.05) is 0 Å². The van der Waals surface area contributed by atoms with E-state index in [4.69, 9.17) is 0 Å². The topological polar surface area (TPSA) is 3.88 Å². The van der Waals surface area contributed by atoms with E-state index in [0.29, 0.717) is 12.0 Å². The SMILES string of the molecule is CC1c2ccccc2-c2cccc[n+]2C1C. The minimum Gasteiger partial charge on any atom is -0.195 e. The summed E-state index contributed by atoms with van der Waals surface area (Å²) in [5.41, 5.74) is 4.19. The van der Waals surface area contributed by atoms with Crippen molar-refractivity contribution in [3.63, 3.8) is 0 Å². The summed E-state index contributed by atoms with van der Waals surface area (Å²) < 4.78 is 2.38. The second kappa shape index (κ2) is 3.44. The molecule has 0 saturated heterocycles. The second-order valence-corrected chi connectivity index (χ2v) is 4.61. The Labute approximate surface area is 96.4 Å². The van der Waals surface area contributed by atoms with Crippen LogP contribution < -0.4 is 4.57 Å². The highest BCUT2D eigenvalue weighted by atomic mass is 15.0. The van der Waals surface area contributed by atoms with E-state index in [2.05, 4.69) is 67.1 Å². The first-order valence-electron chi connectivity index (χ1n) is 5.88. The van der Waals surface area contributed by atoms with Crippen LogP contribution in [0.1, 0.15) is 31.4 Å². The van der Waals surface area contributed by atoms with Gasteiger partial charge < -0.3 is 0 Å². The second-order valence-electron chi connectivity index (χ2n) is 4.61. The molecule has 1 nitrogen and oxygen atoms in total. The van der Waals surface area contributed by atoms with E-state index >= 15 is 0 Å². The molecule has 0 spiro atoms. The lowest BCUT2D eigenvalue weighted by atomic mass is 9.85. The summed E-state index contributed by atoms with van der Waals surface area (Å²) in [6.07, 6.45) is 2.19. The molecule has 2 atom stereocenters. The smallest absolute Gasteiger partial charge is 0.195 e. The lowest BCUT2D eigenvalue weighted by molar-refractivity contribution is -0.714. The molecule has 2 aromatic rings. The van der Waals surface area contributed by atoms with Gasteiger partial charge in [0, 0.05) is 23.6 Å². The number of aromatic nitrogens is 1. The van der Waals surface area contributed by atoms with Crippen LogP contribution in [0, 0.1) is 0 Å². The van der Waals surface area contributed by atoms with E-state index in [0.717, 1.165) is 0 Å². The Kier molecular flexibility index (Phi) is 2.06. The monoisotopic (exact) mass is 210 g/mol. The van der Waals surface area contributed by atoms with Crippen molar-refractivity contribution in [2.24, 2.45) is 0 Å². The van der Waals surface area contributed by atoms with Crippen LogP contribution in [0.15, 0.2) is 48.7 Å². The molecule has 1 aromatic heterocycles. The van der Waals surface area contributed by atoms with Crippen LogP contribution in [0.25, 0.3) is 11.3 Å². The highest BCUT2D eigenvalue weighted by molar-refractivity contribution is 5.63. The molecule has 80 valence electrons. The van der Waals surface area contributed by atoms with Crippen LogP contribution in [0.2, 0.25) is 0 Å². The molecule has 2 unspecified atom stereocenters. The standard InChI is InChI=1S/C15H16N/c1-11-12(2)16-10-6-5-9-15(16)14-8-4-3-7-13(11)14/h3-12H,1-2H3/q+1. The molecule has 16 heavy (non-hydrogen) atoms. The lowest BCUT2D eigenvalue weighted by Gasteiger charge is -2.25. The number of rotatable bonds is 0. The zero-order valence-corrected chi connectivity index (χ0v) is 9.72. The molecule has 0 N–H and O–H groups in total. The minimum absolute atomic E-state index is 0.533. The number of pyridine rings is 1. The molecule has 2 heterocycles. The molecular formula is C15H16N+. The summed E-state index contributed by atoms with van der Waals surface area (Å²) >= 11 is 0. The van der Waals surface area contributed by atoms with Gasteiger partial charge in [-0.1, -0.05) is 25.1 Å². The largest absolute Gasteiger partial charge is 0.213 e. The van der Waals surface area contributed by atoms with Crippen molar-refractivity contribution in [1.82, 2.24) is 0 Å². The van der Waals surface area contributed by atoms with Crippen molar-refractivity contribution in [3.8, 4) is 11.3 Å². The molecular weight excluding hydrogens is 194 g/mol. The molecule has 1 aliphatic rings. The Morgan fingerprint density at radius 1 is 0.938 bits per heavy atom. The van der Waals surface area contributed by atoms with E-state index < -0.39 is 0 Å². The van der Waals surface area contributed by atoms with Gasteiger partial charge in [0.1, 0.15) is 0 Å². The van der Waals surface area contributed by atoms with Gasteiger partial charge in [-0.2, -0.15) is 4.57 Å². The van der Waals surface area contributed by atoms with Crippen LogP contribution in [0.3, 0.4) is 0 Å². The number of nitrogens with zero attached hydrogens (tertiary/aromatic N) is 1. The molecule has 1 heteroatoms. The summed E-state index contributed by atoms with van der Waals surface area (Å²) in [5.74, 6) is 0.580. The number of hydrogen-bond acceptors (Lipinski definition) is 0. The first-order valence-corrected chi connectivity index (χ1v) is 5.88. The first-order chi connectivity index (χ1) is 7.79. The Bertz CT molecular complexity index is 481. The fourth-order valence-electron chi connectivity index (χ4n) is 2.67. The van der Waals surface area contributed by atoms with Gasteiger partial charge in [0.05, 0.1) is 0 Å². The van der Waals surface area contributed by atoms with Gasteiger partial charge in [-0.15, -0.1) is 0 Å². The van der Waals surface area contributed by atoms with Crippen molar-refractivity contribution >= 4 is 0 Å². The van der Waals surface area contributed by atoms with E-state index in [-0.39, 0.29) is 0 Å². The maximum absolute atomic E-state index is 2.38. The highest BCUT2D eigenvalue weighted by Gasteiger charge is 2.33. The van der Waals surface area contributed by atoms with E-state index in [1.54, 1.807) is 0 Å². The van der Waals surface area contributed by atoms with Crippen LogP contribution >= 0.6 is 0 Å². The van der Waals surface area contributed by atoms with Gasteiger partial charge in [0.15, 0.2) is 12.2 Å². The van der Waals surface area contributed by atoms with Crippen LogP contribution in [-0.4, -0.2) is 0 Å². The summed E-state index contributed by atoms with van der Waals surface area (Å²) in [6, 6.07) is 15.7. The minimum atomic E-state index is 0.533. The summed E-state index contributed by atoms with van der Waals surface area (Å²) in [7, 11) is 0. The zero-order valence-electron chi connectivity index (χ0n) is 9.72. The predicted octanol–water partition coefficient (Wildman–Crippen LogP) is 3.32. The van der Waals surface area contributed by atoms with Crippen LogP contribution in [-0.2, 0) is 0 Å². The molecule has 0 bridgehead atoms. The third kappa shape index (κ3) is 1.21. The van der Waals surface area contributed by atoms with Crippen molar-refractivity contribution in [2.75, 3.05) is 0 Å². The third-order valence-corrected chi connectivity index (χ3v) is 3.78. The molecule has 0 fully saturated rings. The van der Waals surface area contributed by atoms with Gasteiger partial charge in [-0.3, -0.25) is 0 Å². The molecule has 0 radical (unpaired) electrons. The molecule has 3 rings (SSSR count). The van der Waals surface area contributed by atoms with Gasteiger partial charge in [0.2, 0.25) is 5.69 Å². The summed E-state index contributed by atoms with van der Waals surface area (Å²) in [5, 5.41) is 0. The molecule has 1 aromatic carbocycles. The fourth-order valence-corrected chi connectivity index (χ4v) is 2.67. The van der Waals surface area contributed by atoms with Gasteiger partial charge in [-0.25, -0.2) is 0 Å². The van der Waals surface area contributed by atoms with Gasteiger partial charge >= 0.3 is 0 Å². The van der Waals surface area contributed by atoms with Crippen molar-refractivity contribution in [2.45, 2.75) is 25.8 Å². The molecule has 0 saturated carbocycles. The Hall–Kier alpha value is -1.63. The Morgan fingerprint density at radius 3 is 2.56 bits per heavy atom. The van der Waals surface area contributed by atoms with Gasteiger partial charge in [-0.05, 0) is 24.6 Å². The first kappa shape index (κ1) is 9.59. The maximum Gasteiger partial charge on any atom is 0.213 e. The molecule has 0 aliphatic carbocycles. The normalized spacial score (nSPS) is 22.4. The predicted molar refractivity (Wildman–Crippen MR) is 65.2 cm³/mol. The Balaban J connectivity index is 2.33. The quantitative estimate of drug-likeness (QED) is 0.587. The molecule has 1 aliphatic heterocycles. The average Bonchev–Trinajstić information content (AvgIpc) is 2.36. The fraction of sp³-hybridized carbons (Fsp3) is 0.267. The van der Waals surface area contributed by atoms with Crippen molar-refractivity contribution < 1.29 is 4.57 Å². The third-order valence-electron chi connectivity index (χ3n) is 3.78. The highest BCUT2D eigenvalue weighted by Crippen LogP contribution is 2.36. The van der Waals surface area contributed by atoms with Crippen molar-refractivity contribution in [1.29, 1.82) is 0 Å². The van der Waals surface area contributed by atoms with Gasteiger partial charge in [0.25, 0.3) is 0 Å². The number of hydrogen-bond donors (Lipinski definition) is 0. The maximum atomic E-state index is 2.38. The summed E-state index contributed by atoms with van der Waals surface area (Å²) in [4.78, 5) is 0. The summed E-state index contributed by atoms with van der Waals surface area (Å²) in [6.45, 7) is 4.61.